The van der Waals surface area contributed by atoms with Gasteiger partial charge in [0.15, 0.2) is 0 Å². The number of benzene rings is 1. The van der Waals surface area contributed by atoms with Crippen molar-refractivity contribution in [2.45, 2.75) is 19.4 Å². The van der Waals surface area contributed by atoms with E-state index in [0.717, 1.165) is 16.8 Å². The maximum atomic E-state index is 8.58. The lowest BCUT2D eigenvalue weighted by Gasteiger charge is -2.07. The van der Waals surface area contributed by atoms with Crippen molar-refractivity contribution in [1.82, 2.24) is 9.55 Å². The van der Waals surface area contributed by atoms with Crippen LogP contribution in [0.25, 0.3) is 0 Å². The van der Waals surface area contributed by atoms with Crippen LogP contribution < -0.4 is 0 Å². The molecule has 0 amide bonds. The van der Waals surface area contributed by atoms with E-state index in [-0.39, 0.29) is 6.61 Å². The Bertz CT molecular complexity index is 769. The van der Waals surface area contributed by atoms with Crippen LogP contribution in [0.3, 0.4) is 0 Å². The van der Waals surface area contributed by atoms with Crippen molar-refractivity contribution in [2.75, 3.05) is 6.61 Å². The molecule has 0 saturated heterocycles. The Hall–Kier alpha value is -3.05. The van der Waals surface area contributed by atoms with E-state index < -0.39 is 0 Å². The predicted octanol–water partition coefficient (Wildman–Crippen LogP) is 2.59. The summed E-state index contributed by atoms with van der Waals surface area (Å²) < 4.78 is 1.90. The monoisotopic (exact) mass is 304 g/mol. The van der Waals surface area contributed by atoms with E-state index in [1.807, 2.05) is 41.1 Å². The molecule has 0 unspecified atom stereocenters. The quantitative estimate of drug-likeness (QED) is 0.369. The summed E-state index contributed by atoms with van der Waals surface area (Å²) in [5.41, 5.74) is 2.68. The fourth-order valence-corrected chi connectivity index (χ4v) is 2.02. The van der Waals surface area contributed by atoms with E-state index in [1.54, 1.807) is 12.5 Å². The maximum Gasteiger partial charge on any atom is 0.202 e. The highest BCUT2D eigenvalue weighted by Gasteiger charge is 2.17. The van der Waals surface area contributed by atoms with Crippen molar-refractivity contribution >= 4 is 5.71 Å². The van der Waals surface area contributed by atoms with Gasteiger partial charge in [-0.05, 0) is 25.0 Å². The molecule has 5 nitrogen and oxygen atoms in total. The first-order chi connectivity index (χ1) is 11.3. The number of hydrogen-bond acceptors (Lipinski definition) is 4. The molecule has 1 saturated carbocycles. The summed E-state index contributed by atoms with van der Waals surface area (Å²) in [5, 5.41) is 12.7. The van der Waals surface area contributed by atoms with Gasteiger partial charge in [0.1, 0.15) is 11.8 Å². The summed E-state index contributed by atoms with van der Waals surface area (Å²) in [5.74, 6) is 7.03. The van der Waals surface area contributed by atoms with Gasteiger partial charge in [-0.2, -0.15) is 5.26 Å². The van der Waals surface area contributed by atoms with Crippen LogP contribution >= 0.6 is 0 Å². The Balaban J connectivity index is 1.76. The third-order valence-corrected chi connectivity index (χ3v) is 3.41. The van der Waals surface area contributed by atoms with Crippen LogP contribution in [0.2, 0.25) is 0 Å². The van der Waals surface area contributed by atoms with Crippen LogP contribution in [0.15, 0.2) is 48.1 Å². The summed E-state index contributed by atoms with van der Waals surface area (Å²) in [6.07, 6.45) is 7.74. The molecule has 23 heavy (non-hydrogen) atoms. The number of imidazole rings is 1. The van der Waals surface area contributed by atoms with Crippen molar-refractivity contribution in [3.8, 4) is 17.9 Å². The van der Waals surface area contributed by atoms with Gasteiger partial charge in [-0.15, -0.1) is 0 Å². The fourth-order valence-electron chi connectivity index (χ4n) is 2.02. The van der Waals surface area contributed by atoms with E-state index in [2.05, 4.69) is 22.0 Å². The minimum atomic E-state index is -0.0711. The van der Waals surface area contributed by atoms with E-state index in [0.29, 0.717) is 12.5 Å². The van der Waals surface area contributed by atoms with Gasteiger partial charge < -0.3 is 9.40 Å². The van der Waals surface area contributed by atoms with Crippen LogP contribution in [-0.2, 0) is 11.4 Å². The maximum absolute atomic E-state index is 8.58. The number of nitrogens with zero attached hydrogens (tertiary/aromatic N) is 4. The van der Waals surface area contributed by atoms with Crippen LogP contribution in [-0.4, -0.2) is 21.9 Å². The average molecular weight is 304 g/mol. The molecule has 2 aromatic rings. The van der Waals surface area contributed by atoms with E-state index >= 15 is 0 Å². The highest BCUT2D eigenvalue weighted by molar-refractivity contribution is 6.00. The van der Waals surface area contributed by atoms with Gasteiger partial charge in [-0.3, -0.25) is 0 Å². The Labute approximate surface area is 135 Å². The fraction of sp³-hybridized carbons (Fsp3) is 0.278. The summed E-state index contributed by atoms with van der Waals surface area (Å²) in [6, 6.07) is 9.83. The molecule has 1 aliphatic rings. The second kappa shape index (κ2) is 7.29. The SMILES string of the molecule is N#CCON=C(Cn1ccnc1)c1ccc(C#CC2CC2)cc1. The lowest BCUT2D eigenvalue weighted by atomic mass is 10.1. The summed E-state index contributed by atoms with van der Waals surface area (Å²) in [6.45, 7) is 0.455. The zero-order valence-electron chi connectivity index (χ0n) is 12.6. The van der Waals surface area contributed by atoms with Gasteiger partial charge >= 0.3 is 0 Å². The summed E-state index contributed by atoms with van der Waals surface area (Å²) in [4.78, 5) is 9.05. The number of rotatable bonds is 5. The highest BCUT2D eigenvalue weighted by atomic mass is 16.6. The van der Waals surface area contributed by atoms with Crippen molar-refractivity contribution in [1.29, 1.82) is 5.26 Å². The minimum Gasteiger partial charge on any atom is -0.380 e. The Morgan fingerprint density at radius 2 is 2.17 bits per heavy atom. The van der Waals surface area contributed by atoms with Crippen molar-refractivity contribution in [3.05, 3.63) is 54.1 Å². The molecular formula is C18H16N4O. The number of hydrogen-bond donors (Lipinski definition) is 0. The molecule has 114 valence electrons. The van der Waals surface area contributed by atoms with Crippen LogP contribution in [0, 0.1) is 29.1 Å². The largest absolute Gasteiger partial charge is 0.380 e. The first-order valence-corrected chi connectivity index (χ1v) is 7.48. The van der Waals surface area contributed by atoms with Crippen molar-refractivity contribution < 1.29 is 4.84 Å². The van der Waals surface area contributed by atoms with Crippen LogP contribution in [0.1, 0.15) is 24.0 Å². The molecule has 1 aromatic heterocycles. The number of nitriles is 1. The Morgan fingerprint density at radius 1 is 1.35 bits per heavy atom. The molecule has 0 radical (unpaired) electrons. The van der Waals surface area contributed by atoms with Crippen LogP contribution in [0.4, 0.5) is 0 Å². The molecule has 1 aliphatic carbocycles. The molecule has 1 fully saturated rings. The van der Waals surface area contributed by atoms with Gasteiger partial charge in [0, 0.05) is 29.4 Å². The van der Waals surface area contributed by atoms with E-state index in [1.165, 1.54) is 12.8 Å². The molecule has 0 N–H and O–H groups in total. The van der Waals surface area contributed by atoms with Gasteiger partial charge in [0.05, 0.1) is 12.9 Å². The first kappa shape index (κ1) is 14.9. The highest BCUT2D eigenvalue weighted by Crippen LogP contribution is 2.27. The van der Waals surface area contributed by atoms with Crippen molar-refractivity contribution in [2.24, 2.45) is 11.1 Å². The number of oxime groups is 1. The van der Waals surface area contributed by atoms with Gasteiger partial charge in [-0.1, -0.05) is 29.1 Å². The average Bonchev–Trinajstić information content (AvgIpc) is 3.27. The molecule has 5 heteroatoms. The topological polar surface area (TPSA) is 63.2 Å². The van der Waals surface area contributed by atoms with Gasteiger partial charge in [0.25, 0.3) is 0 Å². The van der Waals surface area contributed by atoms with E-state index in [4.69, 9.17) is 10.1 Å². The molecule has 0 spiro atoms. The van der Waals surface area contributed by atoms with E-state index in [9.17, 15) is 0 Å². The lowest BCUT2D eigenvalue weighted by Crippen LogP contribution is -2.11. The molecule has 3 rings (SSSR count). The third-order valence-electron chi connectivity index (χ3n) is 3.41. The third kappa shape index (κ3) is 4.46. The first-order valence-electron chi connectivity index (χ1n) is 7.48. The second-order valence-electron chi connectivity index (χ2n) is 5.33. The smallest absolute Gasteiger partial charge is 0.202 e. The molecule has 1 heterocycles. The molecule has 0 atom stereocenters. The van der Waals surface area contributed by atoms with Crippen LogP contribution in [0.5, 0.6) is 0 Å². The molecule has 1 aromatic carbocycles. The molecule has 0 aliphatic heterocycles. The van der Waals surface area contributed by atoms with Gasteiger partial charge in [-0.25, -0.2) is 4.98 Å². The van der Waals surface area contributed by atoms with Gasteiger partial charge in [0.2, 0.25) is 6.61 Å². The van der Waals surface area contributed by atoms with Crippen molar-refractivity contribution in [3.63, 3.8) is 0 Å². The zero-order valence-corrected chi connectivity index (χ0v) is 12.6. The number of aromatic nitrogens is 2. The minimum absolute atomic E-state index is 0.0711. The molecule has 0 bridgehead atoms. The predicted molar refractivity (Wildman–Crippen MR) is 86.4 cm³/mol. The second-order valence-corrected chi connectivity index (χ2v) is 5.33. The summed E-state index contributed by atoms with van der Waals surface area (Å²) >= 11 is 0. The molecular weight excluding hydrogens is 288 g/mol. The normalized spacial score (nSPS) is 13.8. The lowest BCUT2D eigenvalue weighted by molar-refractivity contribution is 0.178. The Kier molecular flexibility index (Phi) is 4.71. The standard InChI is InChI=1S/C18H16N4O/c19-9-12-23-21-18(13-22-11-10-20-14-22)17-7-5-16(6-8-17)4-3-15-1-2-15/h5-8,10-11,14-15H,1-2,12-13H2. The zero-order chi connectivity index (χ0) is 15.9. The Morgan fingerprint density at radius 3 is 2.83 bits per heavy atom. The summed E-state index contributed by atoms with van der Waals surface area (Å²) in [7, 11) is 0.